The van der Waals surface area contributed by atoms with E-state index < -0.39 is 108 Å². The number of anilines is 4. The first-order valence-corrected chi connectivity index (χ1v) is 27.9. The Morgan fingerprint density at radius 1 is 0.570 bits per heavy atom. The number of fused-ring (bicyclic) bond motifs is 4. The van der Waals surface area contributed by atoms with Crippen LogP contribution in [0.1, 0.15) is 92.2 Å². The third-order valence-electron chi connectivity index (χ3n) is 14.8. The molecule has 0 aromatic heterocycles. The molecule has 0 aliphatic carbocycles. The predicted molar refractivity (Wildman–Crippen MR) is 328 cm³/mol. The van der Waals surface area contributed by atoms with Gasteiger partial charge >= 0.3 is 12.2 Å². The van der Waals surface area contributed by atoms with Crippen molar-refractivity contribution >= 4 is 58.9 Å². The minimum absolute atomic E-state index is 0.00964. The Kier molecular flexibility index (Phi) is 27.1. The molecule has 2 aliphatic rings. The van der Waals surface area contributed by atoms with Crippen molar-refractivity contribution in [3.8, 4) is 34.5 Å². The minimum Gasteiger partial charge on any atom is -0.505 e. The van der Waals surface area contributed by atoms with Gasteiger partial charge in [-0.15, -0.1) is 0 Å². The Balaban J connectivity index is 1.76. The lowest BCUT2D eigenvalue weighted by Crippen LogP contribution is -2.36. The monoisotopic (exact) mass is 1200 g/mol. The fourth-order valence-corrected chi connectivity index (χ4v) is 10.1. The molecular formula is C62H88N6O18. The quantitative estimate of drug-likeness (QED) is 0.0346. The normalized spacial score (nSPS) is 27.7. The number of benzene rings is 2. The molecule has 14 N–H and O–H groups in total. The number of nitrogens with one attached hydrogen (secondary N) is 4. The van der Waals surface area contributed by atoms with Crippen molar-refractivity contribution in [2.24, 2.45) is 23.3 Å². The fourth-order valence-electron chi connectivity index (χ4n) is 10.1. The van der Waals surface area contributed by atoms with Crippen molar-refractivity contribution < 1.29 is 87.7 Å². The standard InChI is InChI=1S/C62H88N6O18/c1-31-25-39-51(71)47(67-59(75)33(3)19-17-21-41(79-9)55(85-61(63)77)37(7)29-35(5)49(69)43(27-31)81-11)45(53(73)57(39)83-13)65-23-15-16-24-66-46-48-52(72)40(58(84-14)54(46)74)26-32(2)28-44(82-12)50(70)36(6)30-38(8)56(86-62(64)78)42(80-10)22-18-20-34(4)60(76)68-48/h17-22,25-26,29-30,35-36,41-44,49-50,55-56,65-66,69-74H,15-16,23-24,27-28H2,1-14H3,(H2,63,77)(H2,64,78)(H,67,75)(H,68,76)/b21-17?,22-18?,31-25+,32-26+,33-19+,34-20+,37-29+,38-30+/t35-,36-,41-,42-,43-,44-,49+,50+,55-,56-/m0/s1. The van der Waals surface area contributed by atoms with E-state index in [0.29, 0.717) is 35.1 Å². The van der Waals surface area contributed by atoms with E-state index in [1.165, 1.54) is 80.8 Å². The van der Waals surface area contributed by atoms with Gasteiger partial charge in [-0.1, -0.05) is 73.6 Å². The first kappa shape index (κ1) is 70.5. The second-order valence-corrected chi connectivity index (χ2v) is 21.3. The maximum Gasteiger partial charge on any atom is 0.405 e. The maximum absolute atomic E-state index is 14.0. The van der Waals surface area contributed by atoms with E-state index in [1.807, 2.05) is 0 Å². The molecule has 2 aliphatic heterocycles. The van der Waals surface area contributed by atoms with Gasteiger partial charge in [0.05, 0.1) is 49.8 Å². The molecule has 10 atom stereocenters. The number of ether oxygens (including phenoxy) is 8. The molecule has 4 rings (SSSR count). The van der Waals surface area contributed by atoms with Crippen LogP contribution in [-0.2, 0) is 38.0 Å². The number of methoxy groups -OCH3 is 6. The lowest BCUT2D eigenvalue weighted by Gasteiger charge is -2.28. The summed E-state index contributed by atoms with van der Waals surface area (Å²) in [6.07, 6.45) is 6.77. The topological polar surface area (TPSA) is 364 Å². The molecule has 24 nitrogen and oxygen atoms in total. The summed E-state index contributed by atoms with van der Waals surface area (Å²) in [4.78, 5) is 52.1. The summed E-state index contributed by atoms with van der Waals surface area (Å²) < 4.78 is 45.1. The van der Waals surface area contributed by atoms with Crippen LogP contribution in [0.25, 0.3) is 12.2 Å². The molecule has 0 fully saturated rings. The van der Waals surface area contributed by atoms with E-state index in [2.05, 4.69) is 21.3 Å². The molecule has 0 saturated carbocycles. The van der Waals surface area contributed by atoms with Gasteiger partial charge in [0.15, 0.2) is 46.7 Å². The van der Waals surface area contributed by atoms with Crippen LogP contribution < -0.4 is 42.2 Å². The molecule has 474 valence electrons. The number of primary amides is 2. The number of aliphatic hydroxyl groups is 2. The molecule has 2 heterocycles. The van der Waals surface area contributed by atoms with Gasteiger partial charge in [-0.25, -0.2) is 9.59 Å². The Labute approximate surface area is 502 Å². The van der Waals surface area contributed by atoms with E-state index >= 15 is 0 Å². The number of rotatable bonds is 15. The molecule has 0 radical (unpaired) electrons. The molecule has 0 saturated heterocycles. The minimum atomic E-state index is -1.10. The number of aromatic hydroxyl groups is 4. The Hall–Kier alpha value is -8.00. The van der Waals surface area contributed by atoms with Crippen molar-refractivity contribution in [3.63, 3.8) is 0 Å². The number of phenols is 4. The van der Waals surface area contributed by atoms with Crippen LogP contribution in [0.15, 0.2) is 82.0 Å². The number of phenolic OH excluding ortho intramolecular Hbond substituents is 4. The van der Waals surface area contributed by atoms with Gasteiger partial charge in [0, 0.05) is 64.5 Å². The van der Waals surface area contributed by atoms with Gasteiger partial charge < -0.3 is 101 Å². The fraction of sp³-hybridized carbons (Fsp3) is 0.484. The molecule has 86 heavy (non-hydrogen) atoms. The summed E-state index contributed by atoms with van der Waals surface area (Å²) in [5.74, 6) is -4.62. The lowest BCUT2D eigenvalue weighted by atomic mass is 9.91. The summed E-state index contributed by atoms with van der Waals surface area (Å²) in [6, 6.07) is 0. The van der Waals surface area contributed by atoms with E-state index in [9.17, 15) is 49.8 Å². The summed E-state index contributed by atoms with van der Waals surface area (Å²) in [6.45, 7) is 13.6. The van der Waals surface area contributed by atoms with Gasteiger partial charge in [-0.2, -0.15) is 0 Å². The number of amides is 4. The van der Waals surface area contributed by atoms with Gasteiger partial charge in [0.2, 0.25) is 0 Å². The molecule has 4 bridgehead atoms. The van der Waals surface area contributed by atoms with E-state index in [4.69, 9.17) is 49.4 Å². The Morgan fingerprint density at radius 2 is 0.919 bits per heavy atom. The van der Waals surface area contributed by atoms with Crippen LogP contribution in [-0.4, -0.2) is 159 Å². The summed E-state index contributed by atoms with van der Waals surface area (Å²) in [7, 11) is 8.28. The number of nitrogens with two attached hydrogens (primary N) is 2. The average molecular weight is 1210 g/mol. The van der Waals surface area contributed by atoms with Crippen LogP contribution in [0.2, 0.25) is 0 Å². The van der Waals surface area contributed by atoms with Crippen LogP contribution in [0.5, 0.6) is 34.5 Å². The number of hydrogen-bond donors (Lipinski definition) is 12. The SMILES string of the molecule is COc1c(O)c(NCCCCNc2c(O)c(OC)c3c(O)c2NC(=O)/C(C)=C/C=C[C@H](OC)[C@@H](OC(N)=O)/C(C)=C/[C@H](C)[C@@H](O)[C@@H](OC)C/C(C)=C/3)c2c(O)c1/C=C(\C)C[C@H](OC)[C@H](O)[C@@H](C)/C=C(\C)[C@H](OC(N)=O)[C@@H](OC)C=C/C=C(\C)C(=O)N2. The summed E-state index contributed by atoms with van der Waals surface area (Å²) >= 11 is 0. The molecule has 0 spiro atoms. The van der Waals surface area contributed by atoms with Crippen molar-refractivity contribution in [2.75, 3.05) is 77.0 Å². The molecular weight excluding hydrogens is 1120 g/mol. The van der Waals surface area contributed by atoms with Gasteiger partial charge in [-0.3, -0.25) is 9.59 Å². The zero-order valence-electron chi connectivity index (χ0n) is 51.5. The number of carbonyl (C=O) groups is 4. The second-order valence-electron chi connectivity index (χ2n) is 21.3. The maximum atomic E-state index is 14.0. The van der Waals surface area contributed by atoms with Crippen LogP contribution in [0.3, 0.4) is 0 Å². The predicted octanol–water partition coefficient (Wildman–Crippen LogP) is 8.20. The number of carbonyl (C=O) groups excluding carboxylic acids is 4. The largest absolute Gasteiger partial charge is 0.505 e. The van der Waals surface area contributed by atoms with Crippen molar-refractivity contribution in [1.82, 2.24) is 0 Å². The highest BCUT2D eigenvalue weighted by atomic mass is 16.6. The van der Waals surface area contributed by atoms with Crippen LogP contribution in [0.4, 0.5) is 32.3 Å². The zero-order valence-corrected chi connectivity index (χ0v) is 51.5. The van der Waals surface area contributed by atoms with Crippen LogP contribution >= 0.6 is 0 Å². The highest BCUT2D eigenvalue weighted by Gasteiger charge is 2.33. The molecule has 0 unspecified atom stereocenters. The number of aliphatic hydroxyl groups excluding tert-OH is 2. The second kappa shape index (κ2) is 33.1. The van der Waals surface area contributed by atoms with Gasteiger partial charge in [0.1, 0.15) is 35.0 Å². The van der Waals surface area contributed by atoms with Crippen molar-refractivity contribution in [1.29, 1.82) is 0 Å². The summed E-state index contributed by atoms with van der Waals surface area (Å²) in [5.41, 5.74) is 12.8. The van der Waals surface area contributed by atoms with Crippen LogP contribution in [0, 0.1) is 11.8 Å². The van der Waals surface area contributed by atoms with Gasteiger partial charge in [0.25, 0.3) is 11.8 Å². The first-order valence-electron chi connectivity index (χ1n) is 27.9. The first-order chi connectivity index (χ1) is 40.7. The highest BCUT2D eigenvalue weighted by molar-refractivity contribution is 6.09. The van der Waals surface area contributed by atoms with Crippen molar-refractivity contribution in [3.05, 3.63) is 93.2 Å². The van der Waals surface area contributed by atoms with E-state index in [-0.39, 0.29) is 82.5 Å². The summed E-state index contributed by atoms with van der Waals surface area (Å²) in [5, 5.41) is 82.9. The lowest BCUT2D eigenvalue weighted by molar-refractivity contribution is -0.113. The Bertz CT molecular complexity index is 2800. The average Bonchev–Trinajstić information content (AvgIpc) is 1.10. The third kappa shape index (κ3) is 18.3. The molecule has 4 amide bonds. The third-order valence-corrected chi connectivity index (χ3v) is 14.8. The van der Waals surface area contributed by atoms with E-state index in [1.54, 1.807) is 78.0 Å². The number of hydrogen-bond acceptors (Lipinski definition) is 20. The molecule has 2 aromatic carbocycles. The smallest absolute Gasteiger partial charge is 0.405 e. The highest BCUT2D eigenvalue weighted by Crippen LogP contribution is 2.52. The number of allylic oxidation sites excluding steroid dienone is 4. The zero-order chi connectivity index (χ0) is 64.3. The van der Waals surface area contributed by atoms with Gasteiger partial charge in [-0.05, 0) is 90.5 Å². The Morgan fingerprint density at radius 3 is 1.22 bits per heavy atom. The number of unbranched alkanes of at least 4 members (excludes halogenated alkanes) is 1. The van der Waals surface area contributed by atoms with E-state index in [0.717, 1.165) is 0 Å². The molecule has 2 aromatic rings. The molecule has 24 heteroatoms. The van der Waals surface area contributed by atoms with Crippen molar-refractivity contribution in [2.45, 2.75) is 130 Å².